The van der Waals surface area contributed by atoms with Crippen molar-refractivity contribution in [3.8, 4) is 0 Å². The van der Waals surface area contributed by atoms with Crippen molar-refractivity contribution in [3.05, 3.63) is 88.6 Å². The van der Waals surface area contributed by atoms with Gasteiger partial charge in [-0.1, -0.05) is 54.1 Å². The molecule has 3 aromatic rings. The van der Waals surface area contributed by atoms with E-state index in [0.29, 0.717) is 6.42 Å². The Bertz CT molecular complexity index is 1250. The number of carbonyl (C=O) groups is 1. The van der Waals surface area contributed by atoms with Crippen LogP contribution in [0.4, 0.5) is 5.82 Å². The molecule has 0 atom stereocenters. The normalized spacial score (nSPS) is 17.9. The molecule has 2 aliphatic carbocycles. The van der Waals surface area contributed by atoms with Crippen LogP contribution in [0.5, 0.6) is 0 Å². The first-order valence-electron chi connectivity index (χ1n) is 11.5. The van der Waals surface area contributed by atoms with Crippen molar-refractivity contribution in [1.82, 2.24) is 4.98 Å². The Kier molecular flexibility index (Phi) is 4.48. The summed E-state index contributed by atoms with van der Waals surface area (Å²) in [5.41, 5.74) is 8.58. The Morgan fingerprint density at radius 3 is 2.77 bits per heavy atom. The molecule has 31 heavy (non-hydrogen) atoms. The zero-order valence-electron chi connectivity index (χ0n) is 17.7. The van der Waals surface area contributed by atoms with Gasteiger partial charge < -0.3 is 0 Å². The van der Waals surface area contributed by atoms with Crippen molar-refractivity contribution in [2.75, 3.05) is 11.4 Å². The summed E-state index contributed by atoms with van der Waals surface area (Å²) in [5.74, 6) is 0.969. The van der Waals surface area contributed by atoms with E-state index in [1.54, 1.807) is 10.5 Å². The predicted molar refractivity (Wildman–Crippen MR) is 126 cm³/mol. The summed E-state index contributed by atoms with van der Waals surface area (Å²) in [5, 5.41) is 2.75. The first-order chi connectivity index (χ1) is 15.3. The van der Waals surface area contributed by atoms with Crippen molar-refractivity contribution >= 4 is 28.1 Å². The zero-order valence-corrected chi connectivity index (χ0v) is 17.7. The number of hydrogen-bond acceptors (Lipinski definition) is 2. The first-order valence-corrected chi connectivity index (χ1v) is 11.5. The number of nitrogens with zero attached hydrogens (tertiary/aromatic N) is 2. The average molecular weight is 407 g/mol. The van der Waals surface area contributed by atoms with Gasteiger partial charge >= 0.3 is 0 Å². The summed E-state index contributed by atoms with van der Waals surface area (Å²) >= 11 is 0. The lowest BCUT2D eigenvalue weighted by Crippen LogP contribution is -2.24. The molecule has 1 aromatic heterocycles. The van der Waals surface area contributed by atoms with Crippen molar-refractivity contribution in [1.29, 1.82) is 0 Å². The van der Waals surface area contributed by atoms with E-state index in [-0.39, 0.29) is 5.91 Å². The minimum Gasteiger partial charge on any atom is -0.297 e. The van der Waals surface area contributed by atoms with E-state index in [2.05, 4.69) is 53.5 Å². The van der Waals surface area contributed by atoms with Crippen LogP contribution in [0.15, 0.2) is 66.4 Å². The number of benzene rings is 2. The van der Waals surface area contributed by atoms with Gasteiger partial charge in [0.15, 0.2) is 0 Å². The van der Waals surface area contributed by atoms with Gasteiger partial charge in [0.05, 0.1) is 0 Å². The first kappa shape index (κ1) is 18.6. The molecule has 2 aromatic carbocycles. The van der Waals surface area contributed by atoms with Crippen molar-refractivity contribution in [3.63, 3.8) is 0 Å². The number of anilines is 1. The molecule has 1 fully saturated rings. The molecule has 0 spiro atoms. The lowest BCUT2D eigenvalue weighted by Gasteiger charge is -2.26. The molecule has 0 N–H and O–H groups in total. The van der Waals surface area contributed by atoms with Gasteiger partial charge in [-0.05, 0) is 83.2 Å². The van der Waals surface area contributed by atoms with Crippen molar-refractivity contribution < 1.29 is 4.79 Å². The van der Waals surface area contributed by atoms with Crippen LogP contribution in [0.25, 0.3) is 16.3 Å². The van der Waals surface area contributed by atoms with Crippen LogP contribution >= 0.6 is 0 Å². The fraction of sp³-hybridized carbons (Fsp3) is 0.286. The molecule has 2 heterocycles. The Labute approximate surface area is 183 Å². The lowest BCUT2D eigenvalue weighted by molar-refractivity contribution is -0.117. The molecule has 154 valence electrons. The van der Waals surface area contributed by atoms with E-state index in [1.807, 2.05) is 12.3 Å². The highest BCUT2D eigenvalue weighted by atomic mass is 16.2. The highest BCUT2D eigenvalue weighted by molar-refractivity contribution is 5.96. The van der Waals surface area contributed by atoms with Crippen LogP contribution in [0.1, 0.15) is 54.4 Å². The van der Waals surface area contributed by atoms with Gasteiger partial charge in [0.25, 0.3) is 0 Å². The standard InChI is InChI=1S/C28H26N2O/c31-27-9-4-16-30(27)26-15-10-19(18-29-26)17-22-7-3-6-21-12-13-24-23-8-2-1-5-20(23)11-14-25(24)28(21)22/h2-3,6-8,10,12-13,15,18H,1,4-5,9,11,14,16-17H2. The third-order valence-corrected chi connectivity index (χ3v) is 7.04. The molecule has 3 aliphatic rings. The molecular weight excluding hydrogens is 380 g/mol. The van der Waals surface area contributed by atoms with Crippen LogP contribution < -0.4 is 4.90 Å². The number of rotatable bonds is 3. The van der Waals surface area contributed by atoms with E-state index in [9.17, 15) is 4.79 Å². The second-order valence-electron chi connectivity index (χ2n) is 8.92. The highest BCUT2D eigenvalue weighted by Crippen LogP contribution is 2.41. The van der Waals surface area contributed by atoms with Crippen LogP contribution in [0, 0.1) is 0 Å². The number of hydrogen-bond donors (Lipinski definition) is 0. The summed E-state index contributed by atoms with van der Waals surface area (Å²) in [6, 6.07) is 15.4. The second kappa shape index (κ2) is 7.49. The van der Waals surface area contributed by atoms with Gasteiger partial charge in [0.2, 0.25) is 5.91 Å². The van der Waals surface area contributed by atoms with Gasteiger partial charge in [-0.15, -0.1) is 0 Å². The Morgan fingerprint density at radius 1 is 0.968 bits per heavy atom. The average Bonchev–Trinajstić information content (AvgIpc) is 3.25. The van der Waals surface area contributed by atoms with Crippen LogP contribution in [-0.4, -0.2) is 17.4 Å². The third-order valence-electron chi connectivity index (χ3n) is 7.04. The molecular formula is C28H26N2O. The third kappa shape index (κ3) is 3.20. The molecule has 3 nitrogen and oxygen atoms in total. The Balaban J connectivity index is 1.38. The minimum atomic E-state index is 0.186. The van der Waals surface area contributed by atoms with E-state index < -0.39 is 0 Å². The lowest BCUT2D eigenvalue weighted by atomic mass is 9.78. The maximum atomic E-state index is 12.0. The SMILES string of the molecule is O=C1CCCN1c1ccc(Cc2cccc3ccc4c(c23)CCC2=C4C=CCC2)cn1. The van der Waals surface area contributed by atoms with E-state index >= 15 is 0 Å². The molecule has 0 saturated carbocycles. The maximum Gasteiger partial charge on any atom is 0.228 e. The van der Waals surface area contributed by atoms with E-state index in [1.165, 1.54) is 57.9 Å². The van der Waals surface area contributed by atoms with E-state index in [0.717, 1.165) is 31.6 Å². The largest absolute Gasteiger partial charge is 0.297 e. The number of amides is 1. The van der Waals surface area contributed by atoms with Crippen LogP contribution in [0.3, 0.4) is 0 Å². The molecule has 0 bridgehead atoms. The van der Waals surface area contributed by atoms with Crippen LogP contribution in [-0.2, 0) is 17.6 Å². The maximum absolute atomic E-state index is 12.0. The van der Waals surface area contributed by atoms with Gasteiger partial charge in [-0.2, -0.15) is 0 Å². The molecule has 1 amide bonds. The summed E-state index contributed by atoms with van der Waals surface area (Å²) in [4.78, 5) is 18.4. The molecule has 6 rings (SSSR count). The van der Waals surface area contributed by atoms with Gasteiger partial charge in [0, 0.05) is 19.2 Å². The van der Waals surface area contributed by atoms with Crippen molar-refractivity contribution in [2.24, 2.45) is 0 Å². The molecule has 1 aliphatic heterocycles. The summed E-state index contributed by atoms with van der Waals surface area (Å²) in [6.45, 7) is 0.785. The van der Waals surface area contributed by atoms with Crippen molar-refractivity contribution in [2.45, 2.75) is 44.9 Å². The zero-order chi connectivity index (χ0) is 20.8. The number of allylic oxidation sites excluding steroid dienone is 4. The number of aromatic nitrogens is 1. The summed E-state index contributed by atoms with van der Waals surface area (Å²) in [7, 11) is 0. The fourth-order valence-electron chi connectivity index (χ4n) is 5.51. The molecule has 1 saturated heterocycles. The Morgan fingerprint density at radius 2 is 1.94 bits per heavy atom. The van der Waals surface area contributed by atoms with Crippen LogP contribution in [0.2, 0.25) is 0 Å². The van der Waals surface area contributed by atoms with Gasteiger partial charge in [-0.3, -0.25) is 9.69 Å². The Hall–Kier alpha value is -3.20. The number of fused-ring (bicyclic) bond motifs is 4. The number of aryl methyl sites for hydroxylation is 1. The smallest absolute Gasteiger partial charge is 0.228 e. The molecule has 0 radical (unpaired) electrons. The summed E-state index contributed by atoms with van der Waals surface area (Å²) < 4.78 is 0. The predicted octanol–water partition coefficient (Wildman–Crippen LogP) is 6.00. The number of carbonyl (C=O) groups excluding carboxylic acids is 1. The minimum absolute atomic E-state index is 0.186. The number of pyridine rings is 1. The molecule has 3 heteroatoms. The van der Waals surface area contributed by atoms with E-state index in [4.69, 9.17) is 0 Å². The quantitative estimate of drug-likeness (QED) is 0.534. The molecule has 0 unspecified atom stereocenters. The summed E-state index contributed by atoms with van der Waals surface area (Å²) in [6.07, 6.45) is 13.7. The highest BCUT2D eigenvalue weighted by Gasteiger charge is 2.23. The monoisotopic (exact) mass is 406 g/mol. The van der Waals surface area contributed by atoms with Gasteiger partial charge in [0.1, 0.15) is 5.82 Å². The van der Waals surface area contributed by atoms with Gasteiger partial charge in [-0.25, -0.2) is 4.98 Å². The fourth-order valence-corrected chi connectivity index (χ4v) is 5.51. The second-order valence-corrected chi connectivity index (χ2v) is 8.92. The topological polar surface area (TPSA) is 33.2 Å².